The molecule has 9 nitrogen and oxygen atoms in total. The van der Waals surface area contributed by atoms with Crippen LogP contribution in [0, 0.1) is 0 Å². The summed E-state index contributed by atoms with van der Waals surface area (Å²) in [6.07, 6.45) is -0.215. The fourth-order valence-corrected chi connectivity index (χ4v) is 1.39. The van der Waals surface area contributed by atoms with Gasteiger partial charge in [-0.2, -0.15) is 0 Å². The number of hydrogen-bond donors (Lipinski definition) is 5. The van der Waals surface area contributed by atoms with Crippen LogP contribution in [0.4, 0.5) is 0 Å². The predicted molar refractivity (Wildman–Crippen MR) is 61.3 cm³/mol. The molecule has 2 aliphatic rings. The average molecular weight is 290 g/mol. The van der Waals surface area contributed by atoms with Crippen molar-refractivity contribution >= 4 is 11.9 Å². The number of rotatable bonds is 3. The molecular formula is C11H14O9. The number of carbonyl (C=O) groups is 2. The van der Waals surface area contributed by atoms with Gasteiger partial charge in [0.05, 0.1) is 12.9 Å². The Morgan fingerprint density at radius 1 is 1.20 bits per heavy atom. The Balaban J connectivity index is 0.000000217. The Morgan fingerprint density at radius 2 is 1.85 bits per heavy atom. The van der Waals surface area contributed by atoms with Gasteiger partial charge >= 0.3 is 11.9 Å². The number of aliphatic hydroxyl groups is 3. The molecule has 2 aliphatic heterocycles. The number of aliphatic hydroxyl groups excluding tert-OH is 3. The summed E-state index contributed by atoms with van der Waals surface area (Å²) in [7, 11) is 0. The summed E-state index contributed by atoms with van der Waals surface area (Å²) in [4.78, 5) is 20.5. The minimum absolute atomic E-state index is 0.131. The largest absolute Gasteiger partial charge is 0.493 e. The zero-order valence-corrected chi connectivity index (χ0v) is 10.1. The Labute approximate surface area is 113 Å². The van der Waals surface area contributed by atoms with Crippen LogP contribution in [0.1, 0.15) is 0 Å². The van der Waals surface area contributed by atoms with Crippen molar-refractivity contribution in [2.75, 3.05) is 6.61 Å². The third kappa shape index (κ3) is 3.95. The Kier molecular flexibility index (Phi) is 5.50. The van der Waals surface area contributed by atoms with Crippen LogP contribution in [0.3, 0.4) is 0 Å². The van der Waals surface area contributed by atoms with Crippen molar-refractivity contribution in [3.8, 4) is 0 Å². The first-order valence-electron chi connectivity index (χ1n) is 5.50. The Morgan fingerprint density at radius 3 is 2.10 bits per heavy atom. The van der Waals surface area contributed by atoms with E-state index in [9.17, 15) is 9.59 Å². The minimum Gasteiger partial charge on any atom is -0.493 e. The van der Waals surface area contributed by atoms with Gasteiger partial charge < -0.3 is 35.0 Å². The maximum atomic E-state index is 10.3. The highest BCUT2D eigenvalue weighted by atomic mass is 16.6. The first-order chi connectivity index (χ1) is 9.36. The summed E-state index contributed by atoms with van der Waals surface area (Å²) in [6.45, 7) is -0.131. The highest BCUT2D eigenvalue weighted by Crippen LogP contribution is 2.17. The standard InChI is InChI=1S/C6H6O6.C5H8O3/c7-2-1-3(5(8)9)12-4(2)6(10)11;6-3-5-4(7)1-2-8-5/h1-2,4,7H,(H,8,9)(H,10,11);1-2,4-7H,3H2. The summed E-state index contributed by atoms with van der Waals surface area (Å²) >= 11 is 0. The fourth-order valence-electron chi connectivity index (χ4n) is 1.39. The zero-order valence-electron chi connectivity index (χ0n) is 10.1. The van der Waals surface area contributed by atoms with Crippen LogP contribution in [-0.2, 0) is 19.1 Å². The van der Waals surface area contributed by atoms with Crippen molar-refractivity contribution in [3.63, 3.8) is 0 Å². The molecule has 0 aromatic rings. The van der Waals surface area contributed by atoms with Gasteiger partial charge in [0.1, 0.15) is 12.2 Å². The van der Waals surface area contributed by atoms with E-state index in [1.165, 1.54) is 12.3 Å². The van der Waals surface area contributed by atoms with Crippen LogP contribution < -0.4 is 0 Å². The van der Waals surface area contributed by atoms with Crippen LogP contribution in [0.5, 0.6) is 0 Å². The summed E-state index contributed by atoms with van der Waals surface area (Å²) in [5.41, 5.74) is 0. The topological polar surface area (TPSA) is 154 Å². The van der Waals surface area contributed by atoms with E-state index >= 15 is 0 Å². The maximum Gasteiger partial charge on any atom is 0.370 e. The van der Waals surface area contributed by atoms with E-state index in [1.54, 1.807) is 0 Å². The lowest BCUT2D eigenvalue weighted by molar-refractivity contribution is -0.152. The van der Waals surface area contributed by atoms with Crippen LogP contribution in [-0.4, -0.2) is 68.5 Å². The first kappa shape index (κ1) is 16.0. The highest BCUT2D eigenvalue weighted by Gasteiger charge is 2.36. The molecule has 2 rings (SSSR count). The molecule has 0 amide bonds. The molecule has 0 aliphatic carbocycles. The second kappa shape index (κ2) is 6.89. The van der Waals surface area contributed by atoms with Gasteiger partial charge in [0.15, 0.2) is 6.10 Å². The van der Waals surface area contributed by atoms with Gasteiger partial charge in [-0.3, -0.25) is 0 Å². The van der Waals surface area contributed by atoms with E-state index < -0.39 is 42.1 Å². The van der Waals surface area contributed by atoms with E-state index in [4.69, 9.17) is 30.3 Å². The van der Waals surface area contributed by atoms with Crippen molar-refractivity contribution in [2.24, 2.45) is 0 Å². The third-order valence-electron chi connectivity index (χ3n) is 2.43. The SMILES string of the molecule is O=C(O)C1=CC(O)C(C(=O)O)O1.OCC1OC=CC1O. The normalized spacial score (nSPS) is 30.6. The molecule has 0 saturated carbocycles. The average Bonchev–Trinajstić information content (AvgIpc) is 2.95. The molecular weight excluding hydrogens is 276 g/mol. The molecule has 5 N–H and O–H groups in total. The van der Waals surface area contributed by atoms with Crippen molar-refractivity contribution in [1.29, 1.82) is 0 Å². The van der Waals surface area contributed by atoms with E-state index in [0.717, 1.165) is 6.08 Å². The molecule has 0 spiro atoms. The molecule has 2 heterocycles. The number of hydrogen-bond acceptors (Lipinski definition) is 7. The number of carboxylic acids is 2. The lowest BCUT2D eigenvalue weighted by Gasteiger charge is -2.08. The van der Waals surface area contributed by atoms with Gasteiger partial charge in [-0.15, -0.1) is 0 Å². The second-order valence-electron chi connectivity index (χ2n) is 3.88. The van der Waals surface area contributed by atoms with E-state index in [-0.39, 0.29) is 6.61 Å². The van der Waals surface area contributed by atoms with Crippen molar-refractivity contribution in [1.82, 2.24) is 0 Å². The van der Waals surface area contributed by atoms with Crippen LogP contribution in [0.25, 0.3) is 0 Å². The summed E-state index contributed by atoms with van der Waals surface area (Å²) in [6, 6.07) is 0. The molecule has 0 aromatic carbocycles. The molecule has 0 aromatic heterocycles. The van der Waals surface area contributed by atoms with Crippen LogP contribution in [0.15, 0.2) is 24.2 Å². The molecule has 20 heavy (non-hydrogen) atoms. The quantitative estimate of drug-likeness (QED) is 0.399. The second-order valence-corrected chi connectivity index (χ2v) is 3.88. The minimum atomic E-state index is -1.50. The van der Waals surface area contributed by atoms with Crippen molar-refractivity contribution < 1.29 is 44.6 Å². The van der Waals surface area contributed by atoms with Crippen molar-refractivity contribution in [3.05, 3.63) is 24.2 Å². The molecule has 0 bridgehead atoms. The number of ether oxygens (including phenoxy) is 2. The van der Waals surface area contributed by atoms with Gasteiger partial charge in [0.25, 0.3) is 0 Å². The Bertz CT molecular complexity index is 428. The lowest BCUT2D eigenvalue weighted by Crippen LogP contribution is -2.30. The molecule has 0 radical (unpaired) electrons. The van der Waals surface area contributed by atoms with E-state index in [1.807, 2.05) is 0 Å². The maximum absolute atomic E-state index is 10.3. The third-order valence-corrected chi connectivity index (χ3v) is 2.43. The van der Waals surface area contributed by atoms with Crippen molar-refractivity contribution in [2.45, 2.75) is 24.4 Å². The summed E-state index contributed by atoms with van der Waals surface area (Å²) in [5.74, 6) is -3.32. The van der Waals surface area contributed by atoms with Gasteiger partial charge in [-0.05, 0) is 12.2 Å². The van der Waals surface area contributed by atoms with E-state index in [0.29, 0.717) is 0 Å². The Hall–Kier alpha value is -2.10. The lowest BCUT2D eigenvalue weighted by atomic mass is 10.2. The molecule has 4 unspecified atom stereocenters. The molecule has 0 fully saturated rings. The van der Waals surface area contributed by atoms with E-state index in [2.05, 4.69) is 4.74 Å². The summed E-state index contributed by atoms with van der Waals surface area (Å²) in [5, 5.41) is 42.9. The number of aliphatic carboxylic acids is 2. The number of carboxylic acid groups (broad SMARTS) is 2. The van der Waals surface area contributed by atoms with Crippen LogP contribution in [0.2, 0.25) is 0 Å². The molecule has 0 saturated heterocycles. The fraction of sp³-hybridized carbons (Fsp3) is 0.455. The smallest absolute Gasteiger partial charge is 0.370 e. The molecule has 112 valence electrons. The monoisotopic (exact) mass is 290 g/mol. The molecule has 4 atom stereocenters. The summed E-state index contributed by atoms with van der Waals surface area (Å²) < 4.78 is 9.14. The predicted octanol–water partition coefficient (Wildman–Crippen LogP) is -1.95. The first-order valence-corrected chi connectivity index (χ1v) is 5.50. The highest BCUT2D eigenvalue weighted by molar-refractivity contribution is 5.87. The van der Waals surface area contributed by atoms with Gasteiger partial charge in [-0.25, -0.2) is 9.59 Å². The zero-order chi connectivity index (χ0) is 15.3. The van der Waals surface area contributed by atoms with Gasteiger partial charge in [0, 0.05) is 0 Å². The molecule has 9 heteroatoms. The van der Waals surface area contributed by atoms with Gasteiger partial charge in [-0.1, -0.05) is 0 Å². The van der Waals surface area contributed by atoms with Gasteiger partial charge in [0.2, 0.25) is 11.9 Å². The van der Waals surface area contributed by atoms with Crippen LogP contribution >= 0.6 is 0 Å².